The number of amides is 2. The highest BCUT2D eigenvalue weighted by atomic mass is 16.6. The number of carbonyl (C=O) groups is 2. The van der Waals surface area contributed by atoms with Crippen LogP contribution in [-0.2, 0) is 9.59 Å². The van der Waals surface area contributed by atoms with Gasteiger partial charge in [0.25, 0.3) is 5.69 Å². The van der Waals surface area contributed by atoms with Crippen molar-refractivity contribution >= 4 is 28.8 Å². The number of carbonyl (C=O) groups excluding carboxylic acids is 2. The van der Waals surface area contributed by atoms with Crippen LogP contribution < -0.4 is 4.90 Å². The number of aryl methyl sites for hydroxylation is 3. The molecule has 2 aliphatic carbocycles. The fourth-order valence-electron chi connectivity index (χ4n) is 6.23. The third-order valence-corrected chi connectivity index (χ3v) is 8.03. The van der Waals surface area contributed by atoms with Crippen molar-refractivity contribution in [3.63, 3.8) is 0 Å². The first kappa shape index (κ1) is 23.1. The summed E-state index contributed by atoms with van der Waals surface area (Å²) in [7, 11) is 0. The largest absolute Gasteiger partial charge is 0.274 e. The van der Waals surface area contributed by atoms with E-state index in [0.717, 1.165) is 33.4 Å². The van der Waals surface area contributed by atoms with Crippen molar-refractivity contribution in [1.82, 2.24) is 0 Å². The Morgan fingerprint density at radius 3 is 1.70 bits per heavy atom. The molecule has 1 heterocycles. The van der Waals surface area contributed by atoms with Gasteiger partial charge in [-0.2, -0.15) is 0 Å². The zero-order chi connectivity index (χ0) is 26.0. The molecule has 3 aliphatic rings. The third-order valence-electron chi connectivity index (χ3n) is 8.03. The summed E-state index contributed by atoms with van der Waals surface area (Å²) in [5.74, 6) is -1.99. The monoisotopic (exact) mass is 490 g/mol. The Labute approximate surface area is 215 Å². The number of hydrogen-bond donors (Lipinski definition) is 0. The predicted molar refractivity (Wildman–Crippen MR) is 142 cm³/mol. The Hall–Kier alpha value is -4.32. The van der Waals surface area contributed by atoms with Crippen LogP contribution in [0.15, 0.2) is 84.5 Å². The van der Waals surface area contributed by atoms with E-state index < -0.39 is 16.8 Å². The molecule has 3 aromatic carbocycles. The standard InChI is InChI=1S/C31H26N2O4/c1-17-4-9-20(10-5-17)26(21-11-6-18(2)7-12-21)27-23-14-15-24(27)29-28(23)30(34)32(31(29)35)22-13-8-19(3)25(16-22)33(36)37/h4-16,23-24,28-29H,1-3H3/t23-,24-,28-,29-/m1/s1. The number of anilines is 1. The molecule has 2 fully saturated rings. The summed E-state index contributed by atoms with van der Waals surface area (Å²) < 4.78 is 0. The van der Waals surface area contributed by atoms with Gasteiger partial charge in [-0.1, -0.05) is 77.9 Å². The van der Waals surface area contributed by atoms with Gasteiger partial charge in [-0.15, -0.1) is 0 Å². The molecular weight excluding hydrogens is 464 g/mol. The van der Waals surface area contributed by atoms with E-state index in [0.29, 0.717) is 5.56 Å². The number of fused-ring (bicyclic) bond motifs is 5. The number of rotatable bonds is 4. The van der Waals surface area contributed by atoms with Gasteiger partial charge in [0.2, 0.25) is 11.8 Å². The minimum absolute atomic E-state index is 0.0992. The smallest absolute Gasteiger partial charge is 0.274 e. The maximum atomic E-state index is 13.8. The van der Waals surface area contributed by atoms with E-state index in [9.17, 15) is 19.7 Å². The molecule has 1 saturated carbocycles. The molecule has 1 saturated heterocycles. The molecule has 2 bridgehead atoms. The Kier molecular flexibility index (Phi) is 5.23. The summed E-state index contributed by atoms with van der Waals surface area (Å²) in [6.07, 6.45) is 4.13. The summed E-state index contributed by atoms with van der Waals surface area (Å²) in [5.41, 5.74) is 7.29. The maximum absolute atomic E-state index is 13.8. The summed E-state index contributed by atoms with van der Waals surface area (Å²) in [4.78, 5) is 39.7. The van der Waals surface area contributed by atoms with Gasteiger partial charge >= 0.3 is 0 Å². The lowest BCUT2D eigenvalue weighted by molar-refractivity contribution is -0.385. The lowest BCUT2D eigenvalue weighted by Gasteiger charge is -2.22. The van der Waals surface area contributed by atoms with Gasteiger partial charge in [-0.05, 0) is 49.1 Å². The summed E-state index contributed by atoms with van der Waals surface area (Å²) in [6, 6.07) is 21.3. The van der Waals surface area contributed by atoms with Crippen LogP contribution in [0.5, 0.6) is 0 Å². The molecule has 6 nitrogen and oxygen atoms in total. The quantitative estimate of drug-likeness (QED) is 0.196. The highest BCUT2D eigenvalue weighted by molar-refractivity contribution is 6.23. The van der Waals surface area contributed by atoms with Crippen LogP contribution in [-0.4, -0.2) is 16.7 Å². The van der Waals surface area contributed by atoms with Crippen molar-refractivity contribution in [1.29, 1.82) is 0 Å². The topological polar surface area (TPSA) is 80.5 Å². The van der Waals surface area contributed by atoms with E-state index in [-0.39, 0.29) is 35.0 Å². The third kappa shape index (κ3) is 3.47. The number of hydrogen-bond acceptors (Lipinski definition) is 4. The molecule has 4 atom stereocenters. The van der Waals surface area contributed by atoms with E-state index >= 15 is 0 Å². The van der Waals surface area contributed by atoms with Crippen molar-refractivity contribution in [2.75, 3.05) is 4.90 Å². The molecule has 184 valence electrons. The Bertz CT molecular complexity index is 1450. The number of nitrogens with zero attached hydrogens (tertiary/aromatic N) is 2. The molecule has 0 unspecified atom stereocenters. The molecule has 0 spiro atoms. The molecule has 3 aromatic rings. The molecule has 0 aromatic heterocycles. The van der Waals surface area contributed by atoms with Crippen LogP contribution in [0.2, 0.25) is 0 Å². The van der Waals surface area contributed by atoms with Crippen molar-refractivity contribution < 1.29 is 14.5 Å². The lowest BCUT2D eigenvalue weighted by Crippen LogP contribution is -2.33. The van der Waals surface area contributed by atoms with Crippen molar-refractivity contribution in [2.24, 2.45) is 23.7 Å². The summed E-state index contributed by atoms with van der Waals surface area (Å²) in [6.45, 7) is 5.74. The molecular formula is C31H26N2O4. The van der Waals surface area contributed by atoms with Crippen LogP contribution in [0, 0.1) is 54.6 Å². The molecule has 6 heteroatoms. The number of nitro groups is 1. The zero-order valence-corrected chi connectivity index (χ0v) is 20.8. The van der Waals surface area contributed by atoms with E-state index in [1.165, 1.54) is 11.0 Å². The number of allylic oxidation sites excluding steroid dienone is 3. The Morgan fingerprint density at radius 1 is 0.757 bits per heavy atom. The summed E-state index contributed by atoms with van der Waals surface area (Å²) >= 11 is 0. The fraction of sp³-hybridized carbons (Fsp3) is 0.226. The van der Waals surface area contributed by atoms with E-state index in [2.05, 4.69) is 74.5 Å². The van der Waals surface area contributed by atoms with E-state index in [1.54, 1.807) is 19.1 Å². The zero-order valence-electron chi connectivity index (χ0n) is 20.8. The minimum atomic E-state index is -0.510. The second-order valence-electron chi connectivity index (χ2n) is 10.3. The van der Waals surface area contributed by atoms with Crippen molar-refractivity contribution in [3.05, 3.63) is 122 Å². The lowest BCUT2D eigenvalue weighted by atomic mass is 9.85. The van der Waals surface area contributed by atoms with Crippen LogP contribution in [0.1, 0.15) is 27.8 Å². The molecule has 2 amide bonds. The van der Waals surface area contributed by atoms with E-state index in [4.69, 9.17) is 0 Å². The van der Waals surface area contributed by atoms with Gasteiger partial charge in [0, 0.05) is 23.5 Å². The highest BCUT2D eigenvalue weighted by Gasteiger charge is 2.62. The molecule has 37 heavy (non-hydrogen) atoms. The Balaban J connectivity index is 1.46. The second-order valence-corrected chi connectivity index (χ2v) is 10.3. The first-order chi connectivity index (χ1) is 17.8. The first-order valence-corrected chi connectivity index (χ1v) is 12.5. The van der Waals surface area contributed by atoms with E-state index in [1.807, 2.05) is 0 Å². The molecule has 1 aliphatic heterocycles. The average molecular weight is 491 g/mol. The van der Waals surface area contributed by atoms with Crippen LogP contribution >= 0.6 is 0 Å². The number of nitro benzene ring substituents is 1. The predicted octanol–water partition coefficient (Wildman–Crippen LogP) is 5.94. The van der Waals surface area contributed by atoms with Crippen LogP contribution in [0.4, 0.5) is 11.4 Å². The highest BCUT2D eigenvalue weighted by Crippen LogP contribution is 2.59. The minimum Gasteiger partial charge on any atom is -0.274 e. The van der Waals surface area contributed by atoms with Gasteiger partial charge in [0.1, 0.15) is 0 Å². The Morgan fingerprint density at radius 2 is 1.24 bits per heavy atom. The fourth-order valence-corrected chi connectivity index (χ4v) is 6.23. The van der Waals surface area contributed by atoms with Gasteiger partial charge in [0.05, 0.1) is 22.4 Å². The number of imide groups is 1. The molecule has 0 radical (unpaired) electrons. The molecule has 6 rings (SSSR count). The normalized spacial score (nSPS) is 23.6. The first-order valence-electron chi connectivity index (χ1n) is 12.5. The van der Waals surface area contributed by atoms with Gasteiger partial charge < -0.3 is 0 Å². The van der Waals surface area contributed by atoms with Crippen molar-refractivity contribution in [3.8, 4) is 0 Å². The SMILES string of the molecule is Cc1ccc(C(=C2[C@H]3C=C[C@H]2[C@H]2C(=O)N(c4ccc(C)c([N+](=O)[O-])c4)C(=O)[C@@H]23)c2ccc(C)cc2)cc1. The van der Waals surface area contributed by atoms with Gasteiger partial charge in [-0.3, -0.25) is 19.7 Å². The van der Waals surface area contributed by atoms with Gasteiger partial charge in [-0.25, -0.2) is 4.90 Å². The maximum Gasteiger partial charge on any atom is 0.274 e. The number of benzene rings is 3. The van der Waals surface area contributed by atoms with Crippen molar-refractivity contribution in [2.45, 2.75) is 20.8 Å². The van der Waals surface area contributed by atoms with Gasteiger partial charge in [0.15, 0.2) is 0 Å². The second kappa shape index (κ2) is 8.37. The average Bonchev–Trinajstić information content (AvgIpc) is 3.51. The van der Waals surface area contributed by atoms with Crippen LogP contribution in [0.25, 0.3) is 5.57 Å². The summed E-state index contributed by atoms with van der Waals surface area (Å²) in [5, 5.41) is 11.5. The van der Waals surface area contributed by atoms with Crippen LogP contribution in [0.3, 0.4) is 0 Å². The molecule has 0 N–H and O–H groups in total.